The summed E-state index contributed by atoms with van der Waals surface area (Å²) in [4.78, 5) is 43.5. The topological polar surface area (TPSA) is 79.0 Å². The van der Waals surface area contributed by atoms with Gasteiger partial charge in [-0.15, -0.1) is 0 Å². The molecule has 9 heteroatoms. The Balaban J connectivity index is 1.42. The molecular weight excluding hydrogens is 518 g/mol. The van der Waals surface area contributed by atoms with Crippen molar-refractivity contribution in [2.75, 3.05) is 23.9 Å². The zero-order valence-corrected chi connectivity index (χ0v) is 22.7. The van der Waals surface area contributed by atoms with Gasteiger partial charge in [-0.25, -0.2) is 0 Å². The minimum Gasteiger partial charge on any atom is -0.497 e. The summed E-state index contributed by atoms with van der Waals surface area (Å²) in [5.74, 6) is -0.321. The van der Waals surface area contributed by atoms with Crippen LogP contribution in [0, 0.1) is 13.8 Å². The predicted molar refractivity (Wildman–Crippen MR) is 154 cm³/mol. The number of nitrogens with one attached hydrogen (secondary N) is 1. The number of ether oxygens (including phenoxy) is 1. The first-order chi connectivity index (χ1) is 18.3. The molecule has 0 bridgehead atoms. The van der Waals surface area contributed by atoms with Crippen molar-refractivity contribution in [1.82, 2.24) is 4.90 Å². The van der Waals surface area contributed by atoms with E-state index in [1.54, 1.807) is 25.3 Å². The van der Waals surface area contributed by atoms with Crippen LogP contribution in [0.4, 0.5) is 11.4 Å². The number of amides is 3. The molecule has 2 heterocycles. The van der Waals surface area contributed by atoms with Crippen molar-refractivity contribution in [1.29, 1.82) is 0 Å². The van der Waals surface area contributed by atoms with Crippen molar-refractivity contribution in [3.63, 3.8) is 0 Å². The van der Waals surface area contributed by atoms with Gasteiger partial charge in [-0.2, -0.15) is 0 Å². The number of anilines is 2. The number of benzene rings is 3. The van der Waals surface area contributed by atoms with E-state index in [4.69, 9.17) is 17.0 Å². The van der Waals surface area contributed by atoms with E-state index in [9.17, 15) is 14.4 Å². The van der Waals surface area contributed by atoms with Crippen molar-refractivity contribution >= 4 is 63.0 Å². The molecule has 2 aliphatic rings. The Morgan fingerprint density at radius 3 is 2.29 bits per heavy atom. The van der Waals surface area contributed by atoms with Crippen molar-refractivity contribution in [3.05, 3.63) is 93.9 Å². The monoisotopic (exact) mass is 543 g/mol. The van der Waals surface area contributed by atoms with Crippen LogP contribution in [0.5, 0.6) is 5.75 Å². The average molecular weight is 544 g/mol. The Morgan fingerprint density at radius 1 is 0.921 bits per heavy atom. The van der Waals surface area contributed by atoms with E-state index in [-0.39, 0.29) is 35.4 Å². The van der Waals surface area contributed by atoms with Crippen molar-refractivity contribution in [2.24, 2.45) is 0 Å². The molecule has 0 aromatic heterocycles. The van der Waals surface area contributed by atoms with Crippen LogP contribution in [0.3, 0.4) is 0 Å². The number of thioether (sulfide) groups is 1. The Morgan fingerprint density at radius 2 is 1.61 bits per heavy atom. The summed E-state index contributed by atoms with van der Waals surface area (Å²) in [7, 11) is 1.59. The maximum absolute atomic E-state index is 13.7. The molecule has 192 valence electrons. The molecule has 1 N–H and O–H groups in total. The summed E-state index contributed by atoms with van der Waals surface area (Å²) in [6, 6.07) is 20.4. The third-order valence-electron chi connectivity index (χ3n) is 6.55. The Kier molecular flexibility index (Phi) is 7.05. The van der Waals surface area contributed by atoms with Gasteiger partial charge >= 0.3 is 0 Å². The van der Waals surface area contributed by atoms with Crippen molar-refractivity contribution in [2.45, 2.75) is 20.4 Å². The summed E-state index contributed by atoms with van der Waals surface area (Å²) in [6.45, 7) is 3.94. The van der Waals surface area contributed by atoms with Crippen LogP contribution in [-0.2, 0) is 20.9 Å². The second-order valence-electron chi connectivity index (χ2n) is 9.03. The Bertz CT molecular complexity index is 1490. The molecule has 1 fully saturated rings. The molecule has 5 rings (SSSR count). The van der Waals surface area contributed by atoms with Gasteiger partial charge in [0, 0.05) is 11.3 Å². The van der Waals surface area contributed by atoms with Crippen LogP contribution in [0.1, 0.15) is 22.3 Å². The van der Waals surface area contributed by atoms with Crippen LogP contribution < -0.4 is 15.0 Å². The molecule has 7 nitrogen and oxygen atoms in total. The third-order valence-corrected chi connectivity index (χ3v) is 7.99. The maximum atomic E-state index is 13.7. The highest BCUT2D eigenvalue weighted by atomic mass is 32.2. The quantitative estimate of drug-likeness (QED) is 0.346. The van der Waals surface area contributed by atoms with Gasteiger partial charge in [0.1, 0.15) is 16.6 Å². The number of fused-ring (bicyclic) bond motifs is 1. The standard InChI is InChI=1S/C29H25N3O4S2/c1-17-7-6-8-18(2)25(17)30-23(33)16-31-22-10-5-4-9-21(22)24(27(31)34)26-28(35)32(29(37)38-26)15-19-11-13-20(36-3)14-12-19/h4-14H,15-16H2,1-3H3,(H,30,33)/b26-24-. The fourth-order valence-corrected chi connectivity index (χ4v) is 5.92. The first-order valence-electron chi connectivity index (χ1n) is 12.0. The van der Waals surface area contributed by atoms with E-state index in [1.165, 1.54) is 9.80 Å². The fraction of sp³-hybridized carbons (Fsp3) is 0.172. The number of hydrogen-bond donors (Lipinski definition) is 1. The van der Waals surface area contributed by atoms with Crippen LogP contribution in [-0.4, -0.2) is 40.6 Å². The molecule has 0 radical (unpaired) electrons. The number of methoxy groups -OCH3 is 1. The summed E-state index contributed by atoms with van der Waals surface area (Å²) in [6.07, 6.45) is 0. The fourth-order valence-electron chi connectivity index (χ4n) is 4.59. The lowest BCUT2D eigenvalue weighted by molar-refractivity contribution is -0.122. The zero-order chi connectivity index (χ0) is 27.0. The summed E-state index contributed by atoms with van der Waals surface area (Å²) >= 11 is 6.65. The highest BCUT2D eigenvalue weighted by Crippen LogP contribution is 2.44. The number of para-hydroxylation sites is 2. The third kappa shape index (κ3) is 4.70. The zero-order valence-electron chi connectivity index (χ0n) is 21.1. The lowest BCUT2D eigenvalue weighted by Crippen LogP contribution is -2.36. The van der Waals surface area contributed by atoms with Crippen molar-refractivity contribution < 1.29 is 19.1 Å². The molecule has 0 saturated carbocycles. The predicted octanol–water partition coefficient (Wildman–Crippen LogP) is 5.07. The largest absolute Gasteiger partial charge is 0.497 e. The highest BCUT2D eigenvalue weighted by molar-refractivity contribution is 8.26. The van der Waals surface area contributed by atoms with E-state index in [1.807, 2.05) is 62.4 Å². The van der Waals surface area contributed by atoms with E-state index < -0.39 is 5.91 Å². The minimum absolute atomic E-state index is 0.181. The number of rotatable bonds is 6. The first kappa shape index (κ1) is 25.7. The Labute approximate surface area is 230 Å². The summed E-state index contributed by atoms with van der Waals surface area (Å²) < 4.78 is 5.58. The number of carbonyl (C=O) groups excluding carboxylic acids is 3. The molecule has 0 spiro atoms. The molecule has 3 aromatic rings. The molecular formula is C29H25N3O4S2. The smallest absolute Gasteiger partial charge is 0.267 e. The van der Waals surface area contributed by atoms with E-state index in [2.05, 4.69) is 5.32 Å². The number of aryl methyl sites for hydroxylation is 2. The maximum Gasteiger partial charge on any atom is 0.267 e. The Hall–Kier alpha value is -3.95. The van der Waals surface area contributed by atoms with Crippen LogP contribution in [0.15, 0.2) is 71.6 Å². The molecule has 0 aliphatic carbocycles. The lowest BCUT2D eigenvalue weighted by Gasteiger charge is -2.18. The van der Waals surface area contributed by atoms with E-state index >= 15 is 0 Å². The molecule has 1 saturated heterocycles. The number of hydrogen-bond acceptors (Lipinski definition) is 6. The van der Waals surface area contributed by atoms with Crippen molar-refractivity contribution in [3.8, 4) is 5.75 Å². The second-order valence-corrected chi connectivity index (χ2v) is 10.7. The van der Waals surface area contributed by atoms with Gasteiger partial charge in [-0.1, -0.05) is 72.5 Å². The molecule has 2 aliphatic heterocycles. The van der Waals surface area contributed by atoms with Gasteiger partial charge in [-0.3, -0.25) is 24.2 Å². The molecule has 38 heavy (non-hydrogen) atoms. The lowest BCUT2D eigenvalue weighted by atomic mass is 10.1. The van der Waals surface area contributed by atoms with Gasteiger partial charge in [-0.05, 0) is 48.7 Å². The molecule has 0 atom stereocenters. The second kappa shape index (κ2) is 10.4. The van der Waals surface area contributed by atoms with Gasteiger partial charge in [0.05, 0.1) is 29.8 Å². The van der Waals surface area contributed by atoms with Crippen LogP contribution in [0.2, 0.25) is 0 Å². The number of carbonyl (C=O) groups is 3. The average Bonchev–Trinajstić information content (AvgIpc) is 3.34. The van der Waals surface area contributed by atoms with E-state index in [0.717, 1.165) is 39.9 Å². The number of thiocarbonyl (C=S) groups is 1. The van der Waals surface area contributed by atoms with E-state index in [0.29, 0.717) is 15.6 Å². The van der Waals surface area contributed by atoms with Crippen LogP contribution >= 0.6 is 24.0 Å². The molecule has 3 amide bonds. The molecule has 3 aromatic carbocycles. The van der Waals surface area contributed by atoms with Gasteiger partial charge in [0.15, 0.2) is 0 Å². The molecule has 0 unspecified atom stereocenters. The normalized spacial score (nSPS) is 16.8. The minimum atomic E-state index is -0.396. The van der Waals surface area contributed by atoms with Gasteiger partial charge in [0.2, 0.25) is 5.91 Å². The summed E-state index contributed by atoms with van der Waals surface area (Å²) in [5.41, 5.74) is 4.97. The van der Waals surface area contributed by atoms with Crippen LogP contribution in [0.25, 0.3) is 5.57 Å². The van der Waals surface area contributed by atoms with Gasteiger partial charge in [0.25, 0.3) is 11.8 Å². The first-order valence-corrected chi connectivity index (χ1v) is 13.2. The number of nitrogens with zero attached hydrogens (tertiary/aromatic N) is 2. The highest BCUT2D eigenvalue weighted by Gasteiger charge is 2.42. The van der Waals surface area contributed by atoms with Gasteiger partial charge < -0.3 is 10.1 Å². The summed E-state index contributed by atoms with van der Waals surface area (Å²) in [5, 5.41) is 2.94. The SMILES string of the molecule is COc1ccc(CN2C(=O)/C(=C3/C(=O)N(CC(=O)Nc4c(C)cccc4C)c4ccccc43)SC2=S)cc1.